The maximum atomic E-state index is 11.8. The number of hydrogen-bond donors (Lipinski definition) is 3. The first-order valence-corrected chi connectivity index (χ1v) is 6.46. The number of nitrogen functional groups attached to an aromatic ring is 1. The van der Waals surface area contributed by atoms with Crippen LogP contribution >= 0.6 is 11.3 Å². The minimum Gasteiger partial charge on any atom is -0.397 e. The second-order valence-electron chi connectivity index (χ2n) is 4.45. The molecule has 0 atom stereocenters. The second kappa shape index (κ2) is 4.79. The number of rotatable bonds is 5. The molecule has 1 aliphatic carbocycles. The third kappa shape index (κ3) is 3.23. The van der Waals surface area contributed by atoms with E-state index in [0.29, 0.717) is 23.2 Å². The molecule has 1 aromatic heterocycles. The molecule has 1 fully saturated rings. The number of hydrogen-bond acceptors (Lipinski definition) is 4. The van der Waals surface area contributed by atoms with Crippen molar-refractivity contribution in [3.8, 4) is 0 Å². The molecule has 5 heteroatoms. The van der Waals surface area contributed by atoms with E-state index in [1.165, 1.54) is 11.3 Å². The number of amides is 1. The summed E-state index contributed by atoms with van der Waals surface area (Å²) in [5, 5.41) is 7.03. The lowest BCUT2D eigenvalue weighted by molar-refractivity contribution is 0.0956. The zero-order chi connectivity index (χ0) is 12.4. The highest BCUT2D eigenvalue weighted by Crippen LogP contribution is 2.30. The fourth-order valence-corrected chi connectivity index (χ4v) is 2.26. The lowest BCUT2D eigenvalue weighted by atomic mass is 10.3. The van der Waals surface area contributed by atoms with Crippen LogP contribution in [0.15, 0.2) is 18.2 Å². The van der Waals surface area contributed by atoms with Crippen LogP contribution in [0.4, 0.5) is 10.7 Å². The number of carbonyl (C=O) groups excluding carboxylic acids is 1. The Kier molecular flexibility index (Phi) is 3.38. The minimum absolute atomic E-state index is 0.0571. The Hall–Kier alpha value is -1.49. The highest BCUT2D eigenvalue weighted by molar-refractivity contribution is 7.18. The lowest BCUT2D eigenvalue weighted by Gasteiger charge is -2.01. The van der Waals surface area contributed by atoms with E-state index >= 15 is 0 Å². The third-order valence-corrected chi connectivity index (χ3v) is 3.55. The van der Waals surface area contributed by atoms with Crippen molar-refractivity contribution < 1.29 is 4.79 Å². The largest absolute Gasteiger partial charge is 0.397 e. The molecule has 1 aliphatic rings. The molecule has 2 rings (SSSR count). The van der Waals surface area contributed by atoms with Crippen molar-refractivity contribution in [2.45, 2.75) is 25.8 Å². The average molecular weight is 251 g/mol. The lowest BCUT2D eigenvalue weighted by Crippen LogP contribution is -2.25. The fraction of sp³-hybridized carbons (Fsp3) is 0.417. The van der Waals surface area contributed by atoms with Crippen molar-refractivity contribution in [1.29, 1.82) is 0 Å². The summed E-state index contributed by atoms with van der Waals surface area (Å²) in [6, 6.07) is 2.16. The van der Waals surface area contributed by atoms with Gasteiger partial charge in [-0.3, -0.25) is 4.79 Å². The van der Waals surface area contributed by atoms with E-state index < -0.39 is 0 Å². The number of anilines is 2. The maximum absolute atomic E-state index is 11.8. The van der Waals surface area contributed by atoms with Crippen molar-refractivity contribution in [2.75, 3.05) is 17.6 Å². The molecule has 92 valence electrons. The van der Waals surface area contributed by atoms with Crippen LogP contribution in [-0.4, -0.2) is 18.5 Å². The summed E-state index contributed by atoms with van der Waals surface area (Å²) in [7, 11) is 0. The molecule has 1 saturated carbocycles. The molecule has 1 heterocycles. The first kappa shape index (κ1) is 12.0. The van der Waals surface area contributed by atoms with Gasteiger partial charge in [0.25, 0.3) is 5.91 Å². The van der Waals surface area contributed by atoms with Gasteiger partial charge >= 0.3 is 0 Å². The Morgan fingerprint density at radius 3 is 2.94 bits per heavy atom. The van der Waals surface area contributed by atoms with Crippen LogP contribution in [0, 0.1) is 0 Å². The van der Waals surface area contributed by atoms with E-state index in [9.17, 15) is 4.79 Å². The number of nitrogens with two attached hydrogens (primary N) is 1. The molecular formula is C12H17N3OS. The smallest absolute Gasteiger partial charge is 0.263 e. The van der Waals surface area contributed by atoms with E-state index in [-0.39, 0.29) is 5.91 Å². The van der Waals surface area contributed by atoms with Crippen LogP contribution in [0.3, 0.4) is 0 Å². The molecule has 0 radical (unpaired) electrons. The first-order valence-electron chi connectivity index (χ1n) is 5.64. The van der Waals surface area contributed by atoms with Gasteiger partial charge in [-0.05, 0) is 25.8 Å². The van der Waals surface area contributed by atoms with Gasteiger partial charge in [0.05, 0.1) is 10.7 Å². The van der Waals surface area contributed by atoms with Gasteiger partial charge in [0.1, 0.15) is 4.88 Å². The van der Waals surface area contributed by atoms with Crippen LogP contribution < -0.4 is 16.4 Å². The van der Waals surface area contributed by atoms with E-state index in [0.717, 1.165) is 23.4 Å². The number of carbonyl (C=O) groups is 1. The van der Waals surface area contributed by atoms with Crippen molar-refractivity contribution in [3.63, 3.8) is 0 Å². The van der Waals surface area contributed by atoms with Gasteiger partial charge in [0.2, 0.25) is 0 Å². The van der Waals surface area contributed by atoms with Gasteiger partial charge in [-0.25, -0.2) is 0 Å². The number of nitrogens with one attached hydrogen (secondary N) is 2. The first-order chi connectivity index (χ1) is 8.06. The van der Waals surface area contributed by atoms with Crippen molar-refractivity contribution in [1.82, 2.24) is 5.32 Å². The summed E-state index contributed by atoms with van der Waals surface area (Å²) in [5.41, 5.74) is 7.41. The topological polar surface area (TPSA) is 67.1 Å². The van der Waals surface area contributed by atoms with Gasteiger partial charge in [0, 0.05) is 12.6 Å². The van der Waals surface area contributed by atoms with Crippen LogP contribution in [-0.2, 0) is 0 Å². The zero-order valence-corrected chi connectivity index (χ0v) is 10.7. The van der Waals surface area contributed by atoms with Crippen LogP contribution in [0.5, 0.6) is 0 Å². The SMILES string of the molecule is C=C(C)CNc1cc(N)c(C(=O)NC2CC2)s1. The fourth-order valence-electron chi connectivity index (χ4n) is 1.39. The summed E-state index contributed by atoms with van der Waals surface area (Å²) in [5.74, 6) is -0.0571. The van der Waals surface area contributed by atoms with E-state index in [1.54, 1.807) is 6.07 Å². The summed E-state index contributed by atoms with van der Waals surface area (Å²) in [6.45, 7) is 6.46. The van der Waals surface area contributed by atoms with Crippen LogP contribution in [0.25, 0.3) is 0 Å². The third-order valence-electron chi connectivity index (χ3n) is 2.44. The molecule has 0 aromatic carbocycles. The minimum atomic E-state index is -0.0571. The van der Waals surface area contributed by atoms with Gasteiger partial charge < -0.3 is 16.4 Å². The summed E-state index contributed by atoms with van der Waals surface area (Å²) < 4.78 is 0. The Labute approximate surface area is 105 Å². The zero-order valence-electron chi connectivity index (χ0n) is 9.88. The number of thiophene rings is 1. The molecule has 0 aliphatic heterocycles. The van der Waals surface area contributed by atoms with Crippen molar-refractivity contribution in [3.05, 3.63) is 23.1 Å². The molecule has 1 aromatic rings. The van der Waals surface area contributed by atoms with Gasteiger partial charge in [-0.1, -0.05) is 12.2 Å². The van der Waals surface area contributed by atoms with Gasteiger partial charge in [0.15, 0.2) is 0 Å². The normalized spacial score (nSPS) is 14.4. The van der Waals surface area contributed by atoms with Gasteiger partial charge in [-0.15, -0.1) is 11.3 Å². The average Bonchev–Trinajstić information content (AvgIpc) is 2.97. The molecule has 4 N–H and O–H groups in total. The second-order valence-corrected chi connectivity index (χ2v) is 5.51. The molecule has 0 bridgehead atoms. The molecule has 1 amide bonds. The summed E-state index contributed by atoms with van der Waals surface area (Å²) in [4.78, 5) is 12.4. The summed E-state index contributed by atoms with van der Waals surface area (Å²) in [6.07, 6.45) is 2.16. The monoisotopic (exact) mass is 251 g/mol. The highest BCUT2D eigenvalue weighted by Gasteiger charge is 2.25. The molecule has 17 heavy (non-hydrogen) atoms. The molecule has 0 saturated heterocycles. The Morgan fingerprint density at radius 2 is 2.35 bits per heavy atom. The molecular weight excluding hydrogens is 234 g/mol. The molecule has 0 unspecified atom stereocenters. The molecule has 0 spiro atoms. The predicted octanol–water partition coefficient (Wildman–Crippen LogP) is 2.21. The van der Waals surface area contributed by atoms with E-state index in [2.05, 4.69) is 17.2 Å². The van der Waals surface area contributed by atoms with Crippen molar-refractivity contribution in [2.24, 2.45) is 0 Å². The highest BCUT2D eigenvalue weighted by atomic mass is 32.1. The standard InChI is InChI=1S/C12H17N3OS/c1-7(2)6-14-10-5-9(13)11(17-10)12(16)15-8-3-4-8/h5,8,14H,1,3-4,6,13H2,2H3,(H,15,16). The predicted molar refractivity (Wildman–Crippen MR) is 72.5 cm³/mol. The Morgan fingerprint density at radius 1 is 1.65 bits per heavy atom. The quantitative estimate of drug-likeness (QED) is 0.703. The Bertz CT molecular complexity index is 449. The van der Waals surface area contributed by atoms with Crippen molar-refractivity contribution >= 4 is 27.9 Å². The van der Waals surface area contributed by atoms with Crippen LogP contribution in [0.2, 0.25) is 0 Å². The Balaban J connectivity index is 2.01. The van der Waals surface area contributed by atoms with E-state index in [1.807, 2.05) is 6.92 Å². The maximum Gasteiger partial charge on any atom is 0.263 e. The van der Waals surface area contributed by atoms with Gasteiger partial charge in [-0.2, -0.15) is 0 Å². The van der Waals surface area contributed by atoms with E-state index in [4.69, 9.17) is 5.73 Å². The molecule has 4 nitrogen and oxygen atoms in total. The van der Waals surface area contributed by atoms with Crippen LogP contribution in [0.1, 0.15) is 29.4 Å². The summed E-state index contributed by atoms with van der Waals surface area (Å²) >= 11 is 1.39.